The number of anilines is 1. The van der Waals surface area contributed by atoms with Crippen LogP contribution in [0.5, 0.6) is 0 Å². The number of halogens is 1. The lowest BCUT2D eigenvalue weighted by Gasteiger charge is -2.14. The number of thioether (sulfide) groups is 1. The molecular weight excluding hydrogens is 299 g/mol. The molecule has 0 bridgehead atoms. The van der Waals surface area contributed by atoms with Crippen LogP contribution < -0.4 is 10.2 Å². The molecule has 1 atom stereocenters. The van der Waals surface area contributed by atoms with Crippen LogP contribution in [0.2, 0.25) is 0 Å². The average molecular weight is 319 g/mol. The minimum absolute atomic E-state index is 0.0298. The second-order valence-electron chi connectivity index (χ2n) is 5.22. The van der Waals surface area contributed by atoms with Crippen molar-refractivity contribution >= 4 is 23.4 Å². The molecule has 0 saturated carbocycles. The summed E-state index contributed by atoms with van der Waals surface area (Å²) >= 11 is 1.64. The number of amides is 1. The van der Waals surface area contributed by atoms with Crippen molar-refractivity contribution in [3.8, 4) is 0 Å². The molecule has 0 aliphatic heterocycles. The lowest BCUT2D eigenvalue weighted by Crippen LogP contribution is -3.08. The maximum atomic E-state index is 12.9. The van der Waals surface area contributed by atoms with Gasteiger partial charge in [-0.25, -0.2) is 4.39 Å². The molecule has 2 aromatic carbocycles. The van der Waals surface area contributed by atoms with Gasteiger partial charge in [-0.15, -0.1) is 11.8 Å². The standard InChI is InChI=1S/C17H19FN2OS/c1-20(11-13-6-8-14(18)9-7-13)12-17(21)19-15-4-3-5-16(10-15)22-2/h3-10H,11-12H2,1-2H3,(H,19,21)/p+1. The number of quaternary nitrogens is 1. The molecule has 0 radical (unpaired) electrons. The number of rotatable bonds is 6. The third-order valence-electron chi connectivity index (χ3n) is 3.23. The highest BCUT2D eigenvalue weighted by molar-refractivity contribution is 7.98. The van der Waals surface area contributed by atoms with Crippen molar-refractivity contribution in [1.29, 1.82) is 0 Å². The Morgan fingerprint density at radius 3 is 2.64 bits per heavy atom. The molecule has 0 fully saturated rings. The molecule has 116 valence electrons. The Balaban J connectivity index is 1.86. The van der Waals surface area contributed by atoms with Crippen molar-refractivity contribution in [2.45, 2.75) is 11.4 Å². The van der Waals surface area contributed by atoms with Crippen LogP contribution in [0.4, 0.5) is 10.1 Å². The first-order valence-electron chi connectivity index (χ1n) is 7.06. The van der Waals surface area contributed by atoms with E-state index in [0.29, 0.717) is 13.1 Å². The average Bonchev–Trinajstić information content (AvgIpc) is 2.49. The summed E-state index contributed by atoms with van der Waals surface area (Å²) < 4.78 is 12.9. The third kappa shape index (κ3) is 5.16. The number of nitrogens with one attached hydrogen (secondary N) is 2. The maximum absolute atomic E-state index is 12.9. The molecule has 0 saturated heterocycles. The maximum Gasteiger partial charge on any atom is 0.279 e. The fourth-order valence-electron chi connectivity index (χ4n) is 2.19. The summed E-state index contributed by atoms with van der Waals surface area (Å²) in [5.74, 6) is -0.273. The van der Waals surface area contributed by atoms with Gasteiger partial charge in [0, 0.05) is 16.1 Å². The van der Waals surface area contributed by atoms with Crippen molar-refractivity contribution in [2.24, 2.45) is 0 Å². The zero-order chi connectivity index (χ0) is 15.9. The quantitative estimate of drug-likeness (QED) is 0.801. The number of carbonyl (C=O) groups is 1. The predicted octanol–water partition coefficient (Wildman–Crippen LogP) is 2.20. The van der Waals surface area contributed by atoms with E-state index in [9.17, 15) is 9.18 Å². The van der Waals surface area contributed by atoms with Crippen LogP contribution in [0.15, 0.2) is 53.4 Å². The molecule has 2 aromatic rings. The van der Waals surface area contributed by atoms with Gasteiger partial charge in [0.2, 0.25) is 0 Å². The van der Waals surface area contributed by atoms with Gasteiger partial charge in [-0.1, -0.05) is 18.2 Å². The summed E-state index contributed by atoms with van der Waals surface area (Å²) in [7, 11) is 1.95. The van der Waals surface area contributed by atoms with Gasteiger partial charge in [0.25, 0.3) is 5.91 Å². The molecule has 1 unspecified atom stereocenters. The van der Waals surface area contributed by atoms with Crippen LogP contribution in [-0.2, 0) is 11.3 Å². The van der Waals surface area contributed by atoms with Gasteiger partial charge in [-0.2, -0.15) is 0 Å². The highest BCUT2D eigenvalue weighted by Crippen LogP contribution is 2.18. The zero-order valence-corrected chi connectivity index (χ0v) is 13.5. The summed E-state index contributed by atoms with van der Waals surface area (Å²) in [4.78, 5) is 14.2. The Hall–Kier alpha value is -1.85. The van der Waals surface area contributed by atoms with Gasteiger partial charge in [-0.05, 0) is 36.6 Å². The van der Waals surface area contributed by atoms with Crippen molar-refractivity contribution in [3.63, 3.8) is 0 Å². The molecule has 0 spiro atoms. The molecule has 2 rings (SSSR count). The van der Waals surface area contributed by atoms with Gasteiger partial charge < -0.3 is 10.2 Å². The summed E-state index contributed by atoms with van der Waals surface area (Å²) in [6.07, 6.45) is 2.00. The minimum Gasteiger partial charge on any atom is -0.326 e. The van der Waals surface area contributed by atoms with E-state index in [-0.39, 0.29) is 11.7 Å². The fourth-order valence-corrected chi connectivity index (χ4v) is 2.65. The van der Waals surface area contributed by atoms with Crippen LogP contribution in [0.1, 0.15) is 5.56 Å². The SMILES string of the molecule is CSc1cccc(NC(=O)C[NH+](C)Cc2ccc(F)cc2)c1. The monoisotopic (exact) mass is 319 g/mol. The van der Waals surface area contributed by atoms with Crippen molar-refractivity contribution in [3.05, 3.63) is 59.9 Å². The molecule has 1 amide bonds. The van der Waals surface area contributed by atoms with Gasteiger partial charge >= 0.3 is 0 Å². The molecule has 0 aliphatic rings. The van der Waals surface area contributed by atoms with Gasteiger partial charge in [0.05, 0.1) is 7.05 Å². The predicted molar refractivity (Wildman–Crippen MR) is 88.7 cm³/mol. The number of likely N-dealkylation sites (N-methyl/N-ethyl adjacent to an activating group) is 1. The van der Waals surface area contributed by atoms with Crippen molar-refractivity contribution in [1.82, 2.24) is 0 Å². The molecule has 3 nitrogen and oxygen atoms in total. The van der Waals surface area contributed by atoms with Crippen LogP contribution in [0.3, 0.4) is 0 Å². The van der Waals surface area contributed by atoms with Crippen LogP contribution in [0.25, 0.3) is 0 Å². The third-order valence-corrected chi connectivity index (χ3v) is 3.96. The largest absolute Gasteiger partial charge is 0.326 e. The lowest BCUT2D eigenvalue weighted by molar-refractivity contribution is -0.885. The van der Waals surface area contributed by atoms with E-state index in [2.05, 4.69) is 5.32 Å². The first kappa shape index (κ1) is 16.5. The normalized spacial score (nSPS) is 12.0. The number of benzene rings is 2. The number of hydrogen-bond acceptors (Lipinski definition) is 2. The summed E-state index contributed by atoms with van der Waals surface area (Å²) in [6.45, 7) is 1.04. The summed E-state index contributed by atoms with van der Waals surface area (Å²) in [5, 5.41) is 2.91. The zero-order valence-electron chi connectivity index (χ0n) is 12.7. The van der Waals surface area contributed by atoms with Crippen LogP contribution >= 0.6 is 11.8 Å². The Kier molecular flexibility index (Phi) is 5.98. The summed E-state index contributed by atoms with van der Waals surface area (Å²) in [5.41, 5.74) is 1.82. The van der Waals surface area contributed by atoms with Crippen LogP contribution in [0, 0.1) is 5.82 Å². The lowest BCUT2D eigenvalue weighted by atomic mass is 10.2. The van der Waals surface area contributed by atoms with Gasteiger partial charge in [0.15, 0.2) is 6.54 Å². The number of hydrogen-bond donors (Lipinski definition) is 2. The van der Waals surface area contributed by atoms with Gasteiger partial charge in [-0.3, -0.25) is 4.79 Å². The molecule has 2 N–H and O–H groups in total. The van der Waals surface area contributed by atoms with E-state index in [1.54, 1.807) is 23.9 Å². The first-order chi connectivity index (χ1) is 10.6. The molecule has 22 heavy (non-hydrogen) atoms. The van der Waals surface area contributed by atoms with E-state index in [1.807, 2.05) is 37.6 Å². The van der Waals surface area contributed by atoms with E-state index in [0.717, 1.165) is 21.0 Å². The second kappa shape index (κ2) is 7.96. The van der Waals surface area contributed by atoms with Crippen molar-refractivity contribution < 1.29 is 14.1 Å². The minimum atomic E-state index is -0.243. The Morgan fingerprint density at radius 2 is 1.95 bits per heavy atom. The number of carbonyl (C=O) groups excluding carboxylic acids is 1. The van der Waals surface area contributed by atoms with E-state index in [4.69, 9.17) is 0 Å². The molecule has 0 aliphatic carbocycles. The Labute approximate surface area is 134 Å². The molecule has 0 heterocycles. The van der Waals surface area contributed by atoms with E-state index in [1.165, 1.54) is 12.1 Å². The topological polar surface area (TPSA) is 33.5 Å². The Morgan fingerprint density at radius 1 is 1.23 bits per heavy atom. The van der Waals surface area contributed by atoms with Gasteiger partial charge in [0.1, 0.15) is 12.4 Å². The first-order valence-corrected chi connectivity index (χ1v) is 8.29. The smallest absolute Gasteiger partial charge is 0.279 e. The highest BCUT2D eigenvalue weighted by Gasteiger charge is 2.11. The highest BCUT2D eigenvalue weighted by atomic mass is 32.2. The molecule has 5 heteroatoms. The van der Waals surface area contributed by atoms with E-state index < -0.39 is 0 Å². The Bertz CT molecular complexity index is 631. The molecular formula is C17H20FN2OS+. The fraction of sp³-hybridized carbons (Fsp3) is 0.235. The van der Waals surface area contributed by atoms with E-state index >= 15 is 0 Å². The molecule has 0 aromatic heterocycles. The van der Waals surface area contributed by atoms with Crippen molar-refractivity contribution in [2.75, 3.05) is 25.2 Å². The summed E-state index contributed by atoms with van der Waals surface area (Å²) in [6, 6.07) is 14.2. The van der Waals surface area contributed by atoms with Crippen LogP contribution in [-0.4, -0.2) is 25.8 Å². The second-order valence-corrected chi connectivity index (χ2v) is 6.10.